The molecule has 0 bridgehead atoms. The van der Waals surface area contributed by atoms with E-state index < -0.39 is 6.10 Å². The second kappa shape index (κ2) is 10.4. The van der Waals surface area contributed by atoms with E-state index in [0.717, 1.165) is 5.56 Å². The molecule has 0 heterocycles. The minimum Gasteiger partial charge on any atom is -0.493 e. The Kier molecular flexibility index (Phi) is 7.99. The average molecular weight is 387 g/mol. The van der Waals surface area contributed by atoms with Crippen molar-refractivity contribution in [2.24, 2.45) is 0 Å². The molecule has 0 aliphatic carbocycles. The number of amides is 1. The van der Waals surface area contributed by atoms with Crippen LogP contribution in [0.2, 0.25) is 0 Å². The van der Waals surface area contributed by atoms with Gasteiger partial charge in [0, 0.05) is 6.54 Å². The number of nitrogens with one attached hydrogen (secondary N) is 1. The quantitative estimate of drug-likeness (QED) is 0.668. The predicted octanol–water partition coefficient (Wildman–Crippen LogP) is 3.96. The van der Waals surface area contributed by atoms with Gasteiger partial charge in [-0.15, -0.1) is 0 Å². The van der Waals surface area contributed by atoms with Crippen molar-refractivity contribution in [3.63, 3.8) is 0 Å². The van der Waals surface area contributed by atoms with Crippen LogP contribution in [0.3, 0.4) is 0 Å². The molecule has 2 aromatic rings. The summed E-state index contributed by atoms with van der Waals surface area (Å²) in [6.45, 7) is 6.18. The van der Waals surface area contributed by atoms with Gasteiger partial charge in [-0.3, -0.25) is 4.79 Å². The fourth-order valence-corrected chi connectivity index (χ4v) is 2.67. The molecule has 6 heteroatoms. The van der Waals surface area contributed by atoms with Gasteiger partial charge in [-0.05, 0) is 50.1 Å². The molecule has 28 heavy (non-hydrogen) atoms. The third-order valence-electron chi connectivity index (χ3n) is 4.06. The molecule has 0 aromatic heterocycles. The first-order chi connectivity index (χ1) is 13.5. The van der Waals surface area contributed by atoms with Crippen LogP contribution in [-0.2, 0) is 11.3 Å². The Labute approximate surface area is 166 Å². The van der Waals surface area contributed by atoms with Crippen LogP contribution in [0.5, 0.6) is 23.0 Å². The monoisotopic (exact) mass is 387 g/mol. The summed E-state index contributed by atoms with van der Waals surface area (Å²) in [5.74, 6) is 2.27. The molecule has 0 aliphatic heterocycles. The zero-order chi connectivity index (χ0) is 20.5. The van der Waals surface area contributed by atoms with Gasteiger partial charge in [-0.25, -0.2) is 0 Å². The number of carbonyl (C=O) groups excluding carboxylic acids is 1. The average Bonchev–Trinajstić information content (AvgIpc) is 2.70. The summed E-state index contributed by atoms with van der Waals surface area (Å²) < 4.78 is 22.3. The Balaban J connectivity index is 2.01. The lowest BCUT2D eigenvalue weighted by atomic mass is 10.2. The fraction of sp³-hybridized carbons (Fsp3) is 0.409. The van der Waals surface area contributed by atoms with Gasteiger partial charge in [0.25, 0.3) is 5.91 Å². The molecule has 6 nitrogen and oxygen atoms in total. The Morgan fingerprint density at radius 3 is 2.18 bits per heavy atom. The second-order valence-corrected chi connectivity index (χ2v) is 6.54. The first kappa shape index (κ1) is 21.4. The zero-order valence-corrected chi connectivity index (χ0v) is 17.2. The highest BCUT2D eigenvalue weighted by Gasteiger charge is 2.20. The van der Waals surface area contributed by atoms with Crippen molar-refractivity contribution in [2.45, 2.75) is 45.9 Å². The normalized spacial score (nSPS) is 11.6. The largest absolute Gasteiger partial charge is 0.493 e. The molecule has 1 amide bonds. The highest BCUT2D eigenvalue weighted by atomic mass is 16.5. The molecule has 0 spiro atoms. The lowest BCUT2D eigenvalue weighted by Gasteiger charge is -2.19. The third kappa shape index (κ3) is 5.81. The van der Waals surface area contributed by atoms with Gasteiger partial charge in [-0.2, -0.15) is 0 Å². The van der Waals surface area contributed by atoms with Crippen LogP contribution in [0.15, 0.2) is 42.5 Å². The summed E-state index contributed by atoms with van der Waals surface area (Å²) in [4.78, 5) is 12.6. The van der Waals surface area contributed by atoms with Crippen LogP contribution in [-0.4, -0.2) is 32.3 Å². The van der Waals surface area contributed by atoms with E-state index in [4.69, 9.17) is 18.9 Å². The van der Waals surface area contributed by atoms with Crippen molar-refractivity contribution >= 4 is 5.91 Å². The molecule has 2 aromatic carbocycles. The minimum atomic E-state index is -0.609. The Hall–Kier alpha value is -2.89. The number of methoxy groups -OCH3 is 2. The lowest BCUT2D eigenvalue weighted by molar-refractivity contribution is -0.128. The molecule has 1 N–H and O–H groups in total. The molecule has 0 fully saturated rings. The molecule has 0 radical (unpaired) electrons. The minimum absolute atomic E-state index is 0.0527. The van der Waals surface area contributed by atoms with Gasteiger partial charge < -0.3 is 24.3 Å². The van der Waals surface area contributed by atoms with Gasteiger partial charge in [0.2, 0.25) is 0 Å². The number of para-hydroxylation sites is 2. The van der Waals surface area contributed by atoms with Crippen molar-refractivity contribution in [3.05, 3.63) is 48.0 Å². The second-order valence-electron chi connectivity index (χ2n) is 6.54. The third-order valence-corrected chi connectivity index (χ3v) is 4.06. The van der Waals surface area contributed by atoms with Gasteiger partial charge in [-0.1, -0.05) is 25.1 Å². The highest BCUT2D eigenvalue weighted by Crippen LogP contribution is 2.29. The SMILES string of the molecule is CC[C@H](Oc1ccccc1OC)C(=O)NCc1ccc(OC(C)C)c(OC)c1. The van der Waals surface area contributed by atoms with E-state index in [2.05, 4.69) is 5.32 Å². The molecule has 1 atom stereocenters. The highest BCUT2D eigenvalue weighted by molar-refractivity contribution is 5.81. The van der Waals surface area contributed by atoms with E-state index in [1.54, 1.807) is 26.4 Å². The molecule has 0 unspecified atom stereocenters. The van der Waals surface area contributed by atoms with Crippen LogP contribution in [0.1, 0.15) is 32.8 Å². The fourth-order valence-electron chi connectivity index (χ4n) is 2.67. The summed E-state index contributed by atoms with van der Waals surface area (Å²) in [6.07, 6.45) is -0.0207. The van der Waals surface area contributed by atoms with Crippen molar-refractivity contribution in [3.8, 4) is 23.0 Å². The van der Waals surface area contributed by atoms with Gasteiger partial charge >= 0.3 is 0 Å². The van der Waals surface area contributed by atoms with Gasteiger partial charge in [0.05, 0.1) is 20.3 Å². The summed E-state index contributed by atoms with van der Waals surface area (Å²) in [6, 6.07) is 12.9. The first-order valence-electron chi connectivity index (χ1n) is 9.39. The smallest absolute Gasteiger partial charge is 0.261 e. The number of hydrogen-bond donors (Lipinski definition) is 1. The number of rotatable bonds is 10. The number of carbonyl (C=O) groups is 1. The molecule has 0 saturated carbocycles. The maximum atomic E-state index is 12.6. The van der Waals surface area contributed by atoms with Crippen LogP contribution in [0.4, 0.5) is 0 Å². The molecular formula is C22H29NO5. The molecular weight excluding hydrogens is 358 g/mol. The van der Waals surface area contributed by atoms with E-state index in [1.165, 1.54) is 0 Å². The van der Waals surface area contributed by atoms with E-state index in [1.807, 2.05) is 51.1 Å². The van der Waals surface area contributed by atoms with E-state index >= 15 is 0 Å². The van der Waals surface area contributed by atoms with Crippen molar-refractivity contribution in [1.29, 1.82) is 0 Å². The zero-order valence-electron chi connectivity index (χ0n) is 17.2. The molecule has 0 saturated heterocycles. The summed E-state index contributed by atoms with van der Waals surface area (Å²) >= 11 is 0. The van der Waals surface area contributed by atoms with Crippen molar-refractivity contribution in [2.75, 3.05) is 14.2 Å². The first-order valence-corrected chi connectivity index (χ1v) is 9.39. The number of ether oxygens (including phenoxy) is 4. The standard InChI is InChI=1S/C22H29NO5/c1-6-17(28-19-10-8-7-9-18(19)25-4)22(24)23-14-16-11-12-20(27-15(2)3)21(13-16)26-5/h7-13,15,17H,6,14H2,1-5H3,(H,23,24)/t17-/m0/s1. The molecule has 152 valence electrons. The van der Waals surface area contributed by atoms with Crippen LogP contribution >= 0.6 is 0 Å². The van der Waals surface area contributed by atoms with Crippen LogP contribution in [0, 0.1) is 0 Å². The van der Waals surface area contributed by atoms with Crippen LogP contribution < -0.4 is 24.3 Å². The van der Waals surface area contributed by atoms with Gasteiger partial charge in [0.15, 0.2) is 29.1 Å². The Morgan fingerprint density at radius 1 is 0.929 bits per heavy atom. The number of benzene rings is 2. The molecule has 2 rings (SSSR count). The van der Waals surface area contributed by atoms with E-state index in [9.17, 15) is 4.79 Å². The predicted molar refractivity (Wildman–Crippen MR) is 108 cm³/mol. The summed E-state index contributed by atoms with van der Waals surface area (Å²) in [5.41, 5.74) is 0.911. The maximum Gasteiger partial charge on any atom is 0.261 e. The maximum absolute atomic E-state index is 12.6. The van der Waals surface area contributed by atoms with Gasteiger partial charge in [0.1, 0.15) is 0 Å². The summed E-state index contributed by atoms with van der Waals surface area (Å²) in [5, 5.41) is 2.92. The molecule has 0 aliphatic rings. The van der Waals surface area contributed by atoms with Crippen molar-refractivity contribution in [1.82, 2.24) is 5.32 Å². The lowest BCUT2D eigenvalue weighted by Crippen LogP contribution is -2.37. The van der Waals surface area contributed by atoms with Crippen molar-refractivity contribution < 1.29 is 23.7 Å². The summed E-state index contributed by atoms with van der Waals surface area (Å²) in [7, 11) is 3.17. The van der Waals surface area contributed by atoms with E-state index in [-0.39, 0.29) is 12.0 Å². The Morgan fingerprint density at radius 2 is 1.57 bits per heavy atom. The Bertz CT molecular complexity index is 775. The number of hydrogen-bond acceptors (Lipinski definition) is 5. The van der Waals surface area contributed by atoms with E-state index in [0.29, 0.717) is 36.0 Å². The topological polar surface area (TPSA) is 66.0 Å². The van der Waals surface area contributed by atoms with Crippen LogP contribution in [0.25, 0.3) is 0 Å².